The zero-order chi connectivity index (χ0) is 30.1. The molecule has 2 aromatic carbocycles. The first-order valence-corrected chi connectivity index (χ1v) is 15.0. The van der Waals surface area contributed by atoms with Gasteiger partial charge in [-0.3, -0.25) is 4.90 Å². The van der Waals surface area contributed by atoms with E-state index in [0.717, 1.165) is 55.0 Å². The standard InChI is InChI=1S/C32H35ClFN5O4/c1-20-5-9-24(16-37(2)28-4-3-12-35-31(28)43-19-22-6-8-23(33)15-26(22)34)38(20)18-30-36-27-10-7-21(32(40)41)14-29(27)39(30)17-25-11-13-42-25/h3-4,6-8,10,12,14-15,20,24-25H,5,9,11,13,16-19H2,1-2H3,(H,40,41). The number of likely N-dealkylation sites (tertiary alicyclic amines) is 1. The fraction of sp³-hybridized carbons (Fsp3) is 0.406. The number of pyridine rings is 1. The Bertz CT molecular complexity index is 1630. The largest absolute Gasteiger partial charge is 0.478 e. The van der Waals surface area contributed by atoms with E-state index in [2.05, 4.69) is 26.3 Å². The van der Waals surface area contributed by atoms with Crippen molar-refractivity contribution in [3.8, 4) is 5.88 Å². The van der Waals surface area contributed by atoms with Crippen LogP contribution in [0.4, 0.5) is 10.1 Å². The van der Waals surface area contributed by atoms with Gasteiger partial charge < -0.3 is 24.0 Å². The van der Waals surface area contributed by atoms with E-state index in [1.807, 2.05) is 19.2 Å². The Labute approximate surface area is 254 Å². The van der Waals surface area contributed by atoms with Crippen molar-refractivity contribution in [2.75, 3.05) is 25.1 Å². The summed E-state index contributed by atoms with van der Waals surface area (Å²) in [6, 6.07) is 14.1. The molecule has 0 saturated carbocycles. The van der Waals surface area contributed by atoms with Crippen LogP contribution in [0.5, 0.6) is 5.88 Å². The Morgan fingerprint density at radius 3 is 2.79 bits per heavy atom. The second kappa shape index (κ2) is 12.5. The number of aromatic nitrogens is 3. The van der Waals surface area contributed by atoms with Gasteiger partial charge in [0.05, 0.1) is 41.5 Å². The number of halogens is 2. The number of hydrogen-bond acceptors (Lipinski definition) is 7. The van der Waals surface area contributed by atoms with Gasteiger partial charge in [0.15, 0.2) is 0 Å². The molecule has 0 bridgehead atoms. The summed E-state index contributed by atoms with van der Waals surface area (Å²) in [7, 11) is 2.02. The van der Waals surface area contributed by atoms with Gasteiger partial charge in [-0.1, -0.05) is 17.7 Å². The van der Waals surface area contributed by atoms with E-state index >= 15 is 0 Å². The number of hydrogen-bond donors (Lipinski definition) is 1. The van der Waals surface area contributed by atoms with Crippen molar-refractivity contribution in [2.24, 2.45) is 0 Å². The van der Waals surface area contributed by atoms with Gasteiger partial charge in [0, 0.05) is 49.1 Å². The highest BCUT2D eigenvalue weighted by molar-refractivity contribution is 6.30. The molecule has 2 aliphatic rings. The number of likely N-dealkylation sites (N-methyl/N-ethyl adjacent to an activating group) is 1. The minimum absolute atomic E-state index is 0.0396. The lowest BCUT2D eigenvalue weighted by atomic mass is 10.1. The van der Waals surface area contributed by atoms with Crippen molar-refractivity contribution < 1.29 is 23.8 Å². The predicted octanol–water partition coefficient (Wildman–Crippen LogP) is 5.78. The molecule has 2 aliphatic heterocycles. The lowest BCUT2D eigenvalue weighted by molar-refractivity contribution is -0.0592. The number of ether oxygens (including phenoxy) is 2. The normalized spacial score (nSPS) is 20.3. The average Bonchev–Trinajstić information content (AvgIpc) is 3.48. The van der Waals surface area contributed by atoms with Gasteiger partial charge in [-0.2, -0.15) is 0 Å². The molecule has 9 nitrogen and oxygen atoms in total. The number of rotatable bonds is 11. The summed E-state index contributed by atoms with van der Waals surface area (Å²) in [6.07, 6.45) is 4.83. The number of anilines is 1. The fourth-order valence-corrected chi connectivity index (χ4v) is 6.17. The van der Waals surface area contributed by atoms with Gasteiger partial charge in [-0.05, 0) is 68.7 Å². The Balaban J connectivity index is 1.20. The van der Waals surface area contributed by atoms with Crippen LogP contribution in [-0.2, 0) is 24.4 Å². The summed E-state index contributed by atoms with van der Waals surface area (Å²) < 4.78 is 28.2. The van der Waals surface area contributed by atoms with Crippen molar-refractivity contribution in [1.29, 1.82) is 0 Å². The second-order valence-corrected chi connectivity index (χ2v) is 11.9. The zero-order valence-corrected chi connectivity index (χ0v) is 25.0. The van der Waals surface area contributed by atoms with Crippen LogP contribution in [0.1, 0.15) is 47.9 Å². The third kappa shape index (κ3) is 6.32. The number of carboxylic acid groups (broad SMARTS) is 1. The van der Waals surface area contributed by atoms with Crippen LogP contribution in [0.3, 0.4) is 0 Å². The number of nitrogens with zero attached hydrogens (tertiary/aromatic N) is 5. The van der Waals surface area contributed by atoms with E-state index < -0.39 is 11.8 Å². The summed E-state index contributed by atoms with van der Waals surface area (Å²) in [5.41, 5.74) is 3.09. The molecule has 3 unspecified atom stereocenters. The summed E-state index contributed by atoms with van der Waals surface area (Å²) >= 11 is 5.90. The number of fused-ring (bicyclic) bond motifs is 1. The molecule has 2 aromatic heterocycles. The Morgan fingerprint density at radius 2 is 2.05 bits per heavy atom. The molecule has 11 heteroatoms. The molecular formula is C32H35ClFN5O4. The maximum Gasteiger partial charge on any atom is 0.335 e. The summed E-state index contributed by atoms with van der Waals surface area (Å²) in [5, 5.41) is 9.93. The van der Waals surface area contributed by atoms with Crippen molar-refractivity contribution in [3.05, 3.63) is 82.5 Å². The SMILES string of the molecule is CC1CCC(CN(C)c2cccnc2OCc2ccc(Cl)cc2F)N1Cc1nc2ccc(C(=O)O)cc2n1CC1CCO1. The molecule has 43 heavy (non-hydrogen) atoms. The van der Waals surface area contributed by atoms with Gasteiger partial charge in [0.2, 0.25) is 5.88 Å². The molecule has 2 saturated heterocycles. The van der Waals surface area contributed by atoms with Crippen molar-refractivity contribution in [1.82, 2.24) is 19.4 Å². The van der Waals surface area contributed by atoms with E-state index in [0.29, 0.717) is 35.6 Å². The average molecular weight is 608 g/mol. The summed E-state index contributed by atoms with van der Waals surface area (Å²) in [6.45, 7) is 5.04. The van der Waals surface area contributed by atoms with E-state index in [9.17, 15) is 14.3 Å². The second-order valence-electron chi connectivity index (χ2n) is 11.4. The van der Waals surface area contributed by atoms with Gasteiger partial charge in [-0.25, -0.2) is 19.2 Å². The van der Waals surface area contributed by atoms with E-state index in [1.165, 1.54) is 6.07 Å². The Kier molecular flexibility index (Phi) is 8.52. The molecule has 226 valence electrons. The molecule has 2 fully saturated rings. The topological polar surface area (TPSA) is 93.0 Å². The zero-order valence-electron chi connectivity index (χ0n) is 24.2. The summed E-state index contributed by atoms with van der Waals surface area (Å²) in [5.74, 6) is -0.0225. The highest BCUT2D eigenvalue weighted by atomic mass is 35.5. The third-order valence-electron chi connectivity index (χ3n) is 8.56. The highest BCUT2D eigenvalue weighted by Gasteiger charge is 2.33. The third-order valence-corrected chi connectivity index (χ3v) is 8.79. The van der Waals surface area contributed by atoms with Crippen LogP contribution >= 0.6 is 11.6 Å². The van der Waals surface area contributed by atoms with E-state index in [4.69, 9.17) is 26.1 Å². The number of carboxylic acids is 1. The maximum atomic E-state index is 14.3. The van der Waals surface area contributed by atoms with E-state index in [1.54, 1.807) is 36.5 Å². The van der Waals surface area contributed by atoms with Crippen LogP contribution in [0.2, 0.25) is 5.02 Å². The van der Waals surface area contributed by atoms with E-state index in [-0.39, 0.29) is 24.3 Å². The number of imidazole rings is 1. The fourth-order valence-electron chi connectivity index (χ4n) is 6.02. The molecule has 4 heterocycles. The van der Waals surface area contributed by atoms with Gasteiger partial charge in [0.25, 0.3) is 0 Å². The smallest absolute Gasteiger partial charge is 0.335 e. The van der Waals surface area contributed by atoms with Crippen molar-refractivity contribution in [2.45, 2.75) is 64.1 Å². The molecule has 0 spiro atoms. The van der Waals surface area contributed by atoms with Gasteiger partial charge in [-0.15, -0.1) is 0 Å². The lowest BCUT2D eigenvalue weighted by Gasteiger charge is -2.33. The first-order chi connectivity index (χ1) is 20.8. The minimum atomic E-state index is -0.954. The number of aromatic carboxylic acids is 1. The molecule has 4 aromatic rings. The van der Waals surface area contributed by atoms with Crippen LogP contribution in [0.15, 0.2) is 54.7 Å². The van der Waals surface area contributed by atoms with Crippen LogP contribution < -0.4 is 9.64 Å². The Morgan fingerprint density at radius 1 is 1.21 bits per heavy atom. The first-order valence-electron chi connectivity index (χ1n) is 14.6. The van der Waals surface area contributed by atoms with Gasteiger partial charge >= 0.3 is 5.97 Å². The number of carbonyl (C=O) groups is 1. The van der Waals surface area contributed by atoms with Crippen LogP contribution in [0.25, 0.3) is 11.0 Å². The quantitative estimate of drug-likeness (QED) is 0.229. The predicted molar refractivity (Wildman–Crippen MR) is 162 cm³/mol. The maximum absolute atomic E-state index is 14.3. The highest BCUT2D eigenvalue weighted by Crippen LogP contribution is 2.32. The van der Waals surface area contributed by atoms with Crippen LogP contribution in [-0.4, -0.2) is 68.9 Å². The lowest BCUT2D eigenvalue weighted by Crippen LogP contribution is -2.42. The first kappa shape index (κ1) is 29.3. The van der Waals surface area contributed by atoms with Crippen molar-refractivity contribution >= 4 is 34.3 Å². The summed E-state index contributed by atoms with van der Waals surface area (Å²) in [4.78, 5) is 25.7. The van der Waals surface area contributed by atoms with Gasteiger partial charge in [0.1, 0.15) is 18.2 Å². The monoisotopic (exact) mass is 607 g/mol. The Hall–Kier alpha value is -3.73. The molecule has 6 rings (SSSR count). The molecule has 0 amide bonds. The molecule has 0 aliphatic carbocycles. The minimum Gasteiger partial charge on any atom is -0.478 e. The van der Waals surface area contributed by atoms with Crippen molar-refractivity contribution in [3.63, 3.8) is 0 Å². The molecule has 0 radical (unpaired) electrons. The molecule has 3 atom stereocenters. The van der Waals surface area contributed by atoms with Crippen LogP contribution in [0, 0.1) is 5.82 Å². The number of benzene rings is 2. The molecular weight excluding hydrogens is 573 g/mol. The molecule has 1 N–H and O–H groups in total.